The molecule has 0 radical (unpaired) electrons. The predicted molar refractivity (Wildman–Crippen MR) is 131 cm³/mol. The normalized spacial score (nSPS) is 14.6. The second-order valence-electron chi connectivity index (χ2n) is 8.24. The number of rotatable bonds is 8. The molecule has 1 aliphatic heterocycles. The number of carbonyl (C=O) groups excluding carboxylic acids is 1. The minimum atomic E-state index is -0.0284. The van der Waals surface area contributed by atoms with E-state index < -0.39 is 0 Å². The summed E-state index contributed by atoms with van der Waals surface area (Å²) in [6.07, 6.45) is 4.83. The van der Waals surface area contributed by atoms with Gasteiger partial charge in [0.25, 0.3) is 0 Å². The summed E-state index contributed by atoms with van der Waals surface area (Å²) < 4.78 is 16.3. The van der Waals surface area contributed by atoms with Crippen LogP contribution in [-0.4, -0.2) is 44.5 Å². The van der Waals surface area contributed by atoms with Gasteiger partial charge in [0, 0.05) is 23.1 Å². The van der Waals surface area contributed by atoms with Crippen LogP contribution in [0.15, 0.2) is 57.9 Å². The van der Waals surface area contributed by atoms with Gasteiger partial charge in [-0.15, -0.1) is 12.4 Å². The standard InChI is InChI=1S/C26H29NO5.ClH/c1-30-23-15-21-22(16-24(23)31-2)32-17-20(26(21)29)9-6-12-27-13-10-19(11-14-27)25(28)18-7-4-3-5-8-18;/h3-5,7-8,15-17,19H,6,9-14H2,1-2H3;1H. The Bertz CT molecular complexity index is 1140. The Kier molecular flexibility index (Phi) is 8.53. The van der Waals surface area contributed by atoms with Crippen LogP contribution in [0.4, 0.5) is 0 Å². The molecule has 3 aromatic rings. The van der Waals surface area contributed by atoms with Gasteiger partial charge in [0.15, 0.2) is 22.7 Å². The molecule has 0 atom stereocenters. The maximum absolute atomic E-state index is 12.9. The first-order valence-corrected chi connectivity index (χ1v) is 11.1. The number of aryl methyl sites for hydroxylation is 1. The van der Waals surface area contributed by atoms with Crippen LogP contribution in [0.2, 0.25) is 0 Å². The Morgan fingerprint density at radius 3 is 2.39 bits per heavy atom. The summed E-state index contributed by atoms with van der Waals surface area (Å²) in [6.45, 7) is 2.72. The summed E-state index contributed by atoms with van der Waals surface area (Å²) in [6, 6.07) is 12.9. The number of benzene rings is 2. The van der Waals surface area contributed by atoms with Gasteiger partial charge in [0.2, 0.25) is 0 Å². The fourth-order valence-electron chi connectivity index (χ4n) is 4.42. The summed E-state index contributed by atoms with van der Waals surface area (Å²) in [5, 5.41) is 0.500. The topological polar surface area (TPSA) is 69.0 Å². The fraction of sp³-hybridized carbons (Fsp3) is 0.385. The van der Waals surface area contributed by atoms with Crippen molar-refractivity contribution in [2.24, 2.45) is 5.92 Å². The Morgan fingerprint density at radius 2 is 1.73 bits per heavy atom. The van der Waals surface area contributed by atoms with E-state index in [1.807, 2.05) is 30.3 Å². The number of hydrogen-bond donors (Lipinski definition) is 0. The van der Waals surface area contributed by atoms with Crippen LogP contribution in [0.25, 0.3) is 11.0 Å². The first kappa shape index (κ1) is 24.8. The lowest BCUT2D eigenvalue weighted by Gasteiger charge is -2.31. The Balaban J connectivity index is 0.00000306. The molecule has 0 saturated carbocycles. The quantitative estimate of drug-likeness (QED) is 0.441. The molecular weight excluding hydrogens is 442 g/mol. The average Bonchev–Trinajstić information content (AvgIpc) is 2.85. The molecular formula is C26H30ClNO5. The van der Waals surface area contributed by atoms with Gasteiger partial charge in [0.1, 0.15) is 5.58 Å². The molecule has 0 amide bonds. The molecule has 0 N–H and O–H groups in total. The highest BCUT2D eigenvalue weighted by atomic mass is 35.5. The number of ketones is 1. The van der Waals surface area contributed by atoms with Gasteiger partial charge >= 0.3 is 0 Å². The maximum Gasteiger partial charge on any atom is 0.195 e. The van der Waals surface area contributed by atoms with Crippen LogP contribution in [0.5, 0.6) is 11.5 Å². The number of Topliss-reactive ketones (excluding diaryl/α,β-unsaturated/α-hetero) is 1. The van der Waals surface area contributed by atoms with E-state index in [-0.39, 0.29) is 29.5 Å². The molecule has 0 aliphatic carbocycles. The summed E-state index contributed by atoms with van der Waals surface area (Å²) in [5.74, 6) is 1.40. The van der Waals surface area contributed by atoms with Gasteiger partial charge < -0.3 is 18.8 Å². The van der Waals surface area contributed by atoms with Gasteiger partial charge in [-0.25, -0.2) is 0 Å². The van der Waals surface area contributed by atoms with E-state index in [2.05, 4.69) is 4.90 Å². The third-order valence-corrected chi connectivity index (χ3v) is 6.29. The Morgan fingerprint density at radius 1 is 1.06 bits per heavy atom. The Hall–Kier alpha value is -2.83. The van der Waals surface area contributed by atoms with E-state index in [0.29, 0.717) is 34.5 Å². The summed E-state index contributed by atoms with van der Waals surface area (Å²) in [5.41, 5.74) is 1.93. The minimum Gasteiger partial charge on any atom is -0.493 e. The van der Waals surface area contributed by atoms with Crippen LogP contribution in [0, 0.1) is 5.92 Å². The molecule has 6 nitrogen and oxygen atoms in total. The van der Waals surface area contributed by atoms with Gasteiger partial charge in [-0.2, -0.15) is 0 Å². The zero-order chi connectivity index (χ0) is 22.5. The second-order valence-corrected chi connectivity index (χ2v) is 8.24. The van der Waals surface area contributed by atoms with Crippen LogP contribution >= 0.6 is 12.4 Å². The third-order valence-electron chi connectivity index (χ3n) is 6.29. The van der Waals surface area contributed by atoms with Crippen molar-refractivity contribution in [1.82, 2.24) is 4.90 Å². The number of halogens is 1. The number of piperidine rings is 1. The number of fused-ring (bicyclic) bond motifs is 1. The van der Waals surface area contributed by atoms with Crippen molar-refractivity contribution < 1.29 is 18.7 Å². The molecule has 4 rings (SSSR count). The highest BCUT2D eigenvalue weighted by Gasteiger charge is 2.25. The van der Waals surface area contributed by atoms with Crippen molar-refractivity contribution in [2.45, 2.75) is 25.7 Å². The zero-order valence-electron chi connectivity index (χ0n) is 19.0. The van der Waals surface area contributed by atoms with Gasteiger partial charge in [-0.1, -0.05) is 30.3 Å². The molecule has 2 aromatic carbocycles. The summed E-state index contributed by atoms with van der Waals surface area (Å²) in [7, 11) is 3.10. The lowest BCUT2D eigenvalue weighted by molar-refractivity contribution is 0.0839. The Labute approximate surface area is 199 Å². The van der Waals surface area contributed by atoms with Gasteiger partial charge in [-0.05, 0) is 51.4 Å². The van der Waals surface area contributed by atoms with Crippen molar-refractivity contribution in [3.63, 3.8) is 0 Å². The van der Waals surface area contributed by atoms with E-state index in [9.17, 15) is 9.59 Å². The number of carbonyl (C=O) groups is 1. The van der Waals surface area contributed by atoms with E-state index in [4.69, 9.17) is 13.9 Å². The molecule has 2 heterocycles. The molecule has 176 valence electrons. The molecule has 33 heavy (non-hydrogen) atoms. The lowest BCUT2D eigenvalue weighted by Crippen LogP contribution is -2.37. The average molecular weight is 472 g/mol. The van der Waals surface area contributed by atoms with Crippen LogP contribution in [0.1, 0.15) is 35.2 Å². The van der Waals surface area contributed by atoms with Gasteiger partial charge in [0.05, 0.1) is 25.9 Å². The first-order chi connectivity index (χ1) is 15.6. The number of ether oxygens (including phenoxy) is 2. The lowest BCUT2D eigenvalue weighted by atomic mass is 9.89. The van der Waals surface area contributed by atoms with Crippen molar-refractivity contribution >= 4 is 29.2 Å². The fourth-order valence-corrected chi connectivity index (χ4v) is 4.42. The van der Waals surface area contributed by atoms with Crippen molar-refractivity contribution in [1.29, 1.82) is 0 Å². The SMILES string of the molecule is COc1cc2occ(CCCN3CCC(C(=O)c4ccccc4)CC3)c(=O)c2cc1OC.Cl. The highest BCUT2D eigenvalue weighted by Crippen LogP contribution is 2.31. The van der Waals surface area contributed by atoms with Crippen LogP contribution in [0.3, 0.4) is 0 Å². The van der Waals surface area contributed by atoms with Gasteiger partial charge in [-0.3, -0.25) is 9.59 Å². The molecule has 0 spiro atoms. The number of hydrogen-bond acceptors (Lipinski definition) is 6. The third kappa shape index (κ3) is 5.57. The maximum atomic E-state index is 12.9. The summed E-state index contributed by atoms with van der Waals surface area (Å²) >= 11 is 0. The predicted octanol–water partition coefficient (Wildman–Crippen LogP) is 4.76. The van der Waals surface area contributed by atoms with Crippen LogP contribution < -0.4 is 14.9 Å². The molecule has 1 aliphatic rings. The number of likely N-dealkylation sites (tertiary alicyclic amines) is 1. The van der Waals surface area contributed by atoms with Crippen molar-refractivity contribution in [2.75, 3.05) is 33.9 Å². The van der Waals surface area contributed by atoms with E-state index >= 15 is 0 Å². The van der Waals surface area contributed by atoms with E-state index in [1.165, 1.54) is 0 Å². The van der Waals surface area contributed by atoms with Crippen molar-refractivity contribution in [3.8, 4) is 11.5 Å². The summed E-state index contributed by atoms with van der Waals surface area (Å²) in [4.78, 5) is 28.0. The number of nitrogens with zero attached hydrogens (tertiary/aromatic N) is 1. The highest BCUT2D eigenvalue weighted by molar-refractivity contribution is 5.97. The smallest absolute Gasteiger partial charge is 0.195 e. The van der Waals surface area contributed by atoms with Crippen LogP contribution in [-0.2, 0) is 6.42 Å². The van der Waals surface area contributed by atoms with E-state index in [1.54, 1.807) is 32.6 Å². The molecule has 1 saturated heterocycles. The van der Waals surface area contributed by atoms with Crippen molar-refractivity contribution in [3.05, 3.63) is 70.1 Å². The molecule has 7 heteroatoms. The van der Waals surface area contributed by atoms with E-state index in [0.717, 1.165) is 44.5 Å². The first-order valence-electron chi connectivity index (χ1n) is 11.1. The molecule has 1 fully saturated rings. The monoisotopic (exact) mass is 471 g/mol. The molecule has 1 aromatic heterocycles. The molecule has 0 bridgehead atoms. The molecule has 0 unspecified atom stereocenters. The second kappa shape index (κ2) is 11.3. The largest absolute Gasteiger partial charge is 0.493 e. The zero-order valence-corrected chi connectivity index (χ0v) is 19.9. The number of methoxy groups -OCH3 is 2. The minimum absolute atomic E-state index is 0.